The molecule has 0 saturated carbocycles. The third-order valence-electron chi connectivity index (χ3n) is 13.2. The number of phenolic OH excluding ortho intramolecular Hbond substituents is 2. The summed E-state index contributed by atoms with van der Waals surface area (Å²) >= 11 is 0. The lowest BCUT2D eigenvalue weighted by molar-refractivity contribution is 0.414. The first-order valence-electron chi connectivity index (χ1n) is 21.0. The zero-order chi connectivity index (χ0) is 43.6. The van der Waals surface area contributed by atoms with Gasteiger partial charge in [0, 0.05) is 73.7 Å². The first-order valence-corrected chi connectivity index (χ1v) is 21.0. The molecule has 8 nitrogen and oxygen atoms in total. The highest BCUT2D eigenvalue weighted by Gasteiger charge is 2.52. The molecule has 0 radical (unpaired) electrons. The van der Waals surface area contributed by atoms with Gasteiger partial charge >= 0.3 is 0 Å². The summed E-state index contributed by atoms with van der Waals surface area (Å²) in [5, 5.41) is 20.3. The molecule has 10 rings (SSSR count). The third kappa shape index (κ3) is 6.36. The molecule has 0 saturated heterocycles. The number of aromatic hydroxyl groups is 2. The summed E-state index contributed by atoms with van der Waals surface area (Å²) in [4.78, 5) is 8.83. The van der Waals surface area contributed by atoms with E-state index in [4.69, 9.17) is 9.47 Å². The second-order valence-electron chi connectivity index (χ2n) is 16.3. The lowest BCUT2D eigenvalue weighted by Crippen LogP contribution is -2.27. The minimum absolute atomic E-state index is 0.230. The standard InChI is InChI=1S/C55H48N4O4/c1-56(35-7-19-43(60)20-8-35)39-15-27-47-49-29-17-41(58(3)37-11-23-45(62-5)24-12-37)33-53(49)55(51(47)31-39)52-32-40(57(2)36-9-21-44(61)22-10-36)16-28-48(52)50-30-18-42(34-54(50)55)59(4)38-13-25-46(63-6)26-14-38/h7-34,60-61H,1-6H3. The normalized spacial score (nSPS) is 12.5. The SMILES string of the molecule is COc1ccc(N(C)c2ccc3c(c2)C2(c4cc(N(C)c5ccc(O)cc5)ccc4-3)c3cc(N(C)c4ccc(O)cc4)ccc3-c3ccc(N(C)c4ccc(OC)cc4)cc32)cc1. The number of hydrogen-bond donors (Lipinski definition) is 2. The van der Waals surface area contributed by atoms with Crippen LogP contribution in [0.15, 0.2) is 170 Å². The van der Waals surface area contributed by atoms with E-state index in [0.717, 1.165) is 57.0 Å². The van der Waals surface area contributed by atoms with Gasteiger partial charge in [-0.05, 0) is 190 Å². The summed E-state index contributed by atoms with van der Waals surface area (Å²) in [5.41, 5.74) is 17.0. The third-order valence-corrected chi connectivity index (χ3v) is 13.2. The molecular formula is C55H48N4O4. The first kappa shape index (κ1) is 39.3. The Labute approximate surface area is 368 Å². The van der Waals surface area contributed by atoms with Crippen molar-refractivity contribution in [2.45, 2.75) is 5.41 Å². The Morgan fingerprint density at radius 3 is 0.778 bits per heavy atom. The second kappa shape index (κ2) is 15.3. The Hall–Kier alpha value is -7.84. The number of hydrogen-bond acceptors (Lipinski definition) is 8. The molecule has 0 amide bonds. The van der Waals surface area contributed by atoms with Crippen molar-refractivity contribution in [1.29, 1.82) is 0 Å². The molecule has 2 N–H and O–H groups in total. The van der Waals surface area contributed by atoms with Crippen LogP contribution in [0.3, 0.4) is 0 Å². The van der Waals surface area contributed by atoms with Crippen LogP contribution in [0.1, 0.15) is 22.3 Å². The van der Waals surface area contributed by atoms with Crippen molar-refractivity contribution in [3.05, 3.63) is 192 Å². The molecule has 0 bridgehead atoms. The quantitative estimate of drug-likeness (QED) is 0.141. The Morgan fingerprint density at radius 2 is 0.540 bits per heavy atom. The predicted octanol–water partition coefficient (Wildman–Crippen LogP) is 12.5. The molecule has 0 atom stereocenters. The predicted molar refractivity (Wildman–Crippen MR) is 257 cm³/mol. The molecule has 2 aliphatic carbocycles. The van der Waals surface area contributed by atoms with Crippen molar-refractivity contribution in [1.82, 2.24) is 0 Å². The maximum atomic E-state index is 10.2. The van der Waals surface area contributed by atoms with Gasteiger partial charge in [0.2, 0.25) is 0 Å². The van der Waals surface area contributed by atoms with Crippen molar-refractivity contribution < 1.29 is 19.7 Å². The Balaban J connectivity index is 1.24. The van der Waals surface area contributed by atoms with Gasteiger partial charge in [0.05, 0.1) is 19.6 Å². The topological polar surface area (TPSA) is 71.9 Å². The van der Waals surface area contributed by atoms with Crippen LogP contribution >= 0.6 is 0 Å². The Kier molecular flexibility index (Phi) is 9.52. The van der Waals surface area contributed by atoms with E-state index < -0.39 is 5.41 Å². The number of anilines is 8. The maximum Gasteiger partial charge on any atom is 0.119 e. The fourth-order valence-corrected chi connectivity index (χ4v) is 9.57. The highest BCUT2D eigenvalue weighted by atomic mass is 16.5. The zero-order valence-electron chi connectivity index (χ0n) is 36.2. The van der Waals surface area contributed by atoms with E-state index in [9.17, 15) is 10.2 Å². The summed E-state index contributed by atoms with van der Waals surface area (Å²) in [6, 6.07) is 58.6. The van der Waals surface area contributed by atoms with Crippen LogP contribution in [0.2, 0.25) is 0 Å². The monoisotopic (exact) mass is 828 g/mol. The molecule has 8 heteroatoms. The Bertz CT molecular complexity index is 2800. The highest BCUT2D eigenvalue weighted by molar-refractivity contribution is 5.98. The van der Waals surface area contributed by atoms with Crippen molar-refractivity contribution in [2.75, 3.05) is 62.0 Å². The van der Waals surface area contributed by atoms with Gasteiger partial charge < -0.3 is 39.3 Å². The molecule has 0 aromatic heterocycles. The average Bonchev–Trinajstić information content (AvgIpc) is 3.79. The van der Waals surface area contributed by atoms with E-state index in [2.05, 4.69) is 145 Å². The van der Waals surface area contributed by atoms with E-state index in [0.29, 0.717) is 0 Å². The molecule has 63 heavy (non-hydrogen) atoms. The van der Waals surface area contributed by atoms with Gasteiger partial charge in [-0.15, -0.1) is 0 Å². The van der Waals surface area contributed by atoms with Crippen molar-refractivity contribution >= 4 is 45.5 Å². The van der Waals surface area contributed by atoms with Gasteiger partial charge in [-0.1, -0.05) is 24.3 Å². The molecule has 0 fully saturated rings. The molecule has 312 valence electrons. The average molecular weight is 829 g/mol. The number of phenols is 2. The number of ether oxygens (including phenoxy) is 2. The van der Waals surface area contributed by atoms with Crippen LogP contribution in [0.5, 0.6) is 23.0 Å². The molecule has 8 aromatic carbocycles. The molecule has 2 aliphatic rings. The van der Waals surface area contributed by atoms with Gasteiger partial charge in [0.1, 0.15) is 23.0 Å². The lowest BCUT2D eigenvalue weighted by Gasteiger charge is -2.33. The number of fused-ring (bicyclic) bond motifs is 10. The van der Waals surface area contributed by atoms with Gasteiger partial charge in [-0.3, -0.25) is 0 Å². The summed E-state index contributed by atoms with van der Waals surface area (Å²) in [6.07, 6.45) is 0. The molecule has 0 heterocycles. The van der Waals surface area contributed by atoms with Crippen LogP contribution in [-0.4, -0.2) is 52.6 Å². The largest absolute Gasteiger partial charge is 0.508 e. The molecule has 1 spiro atoms. The minimum atomic E-state index is -0.736. The number of rotatable bonds is 10. The minimum Gasteiger partial charge on any atom is -0.508 e. The first-order chi connectivity index (χ1) is 30.6. The maximum absolute atomic E-state index is 10.2. The lowest BCUT2D eigenvalue weighted by atomic mass is 9.70. The van der Waals surface area contributed by atoms with Gasteiger partial charge in [0.15, 0.2) is 0 Å². The van der Waals surface area contributed by atoms with Gasteiger partial charge in [0.25, 0.3) is 0 Å². The van der Waals surface area contributed by atoms with Crippen LogP contribution in [0, 0.1) is 0 Å². The van der Waals surface area contributed by atoms with E-state index >= 15 is 0 Å². The van der Waals surface area contributed by atoms with Gasteiger partial charge in [-0.25, -0.2) is 0 Å². The molecule has 0 aliphatic heterocycles. The van der Waals surface area contributed by atoms with Crippen molar-refractivity contribution in [3.8, 4) is 45.3 Å². The molecular weight excluding hydrogens is 781 g/mol. The fourth-order valence-electron chi connectivity index (χ4n) is 9.57. The Morgan fingerprint density at radius 1 is 0.317 bits per heavy atom. The van der Waals surface area contributed by atoms with E-state index in [-0.39, 0.29) is 11.5 Å². The molecule has 0 unspecified atom stereocenters. The number of methoxy groups -OCH3 is 2. The van der Waals surface area contributed by atoms with Crippen LogP contribution in [-0.2, 0) is 5.41 Å². The van der Waals surface area contributed by atoms with E-state index in [1.165, 1.54) is 44.5 Å². The summed E-state index contributed by atoms with van der Waals surface area (Å²) in [5.74, 6) is 2.08. The van der Waals surface area contributed by atoms with Gasteiger partial charge in [-0.2, -0.15) is 0 Å². The number of benzene rings is 8. The highest BCUT2D eigenvalue weighted by Crippen LogP contribution is 2.65. The van der Waals surface area contributed by atoms with Crippen molar-refractivity contribution in [2.24, 2.45) is 0 Å². The van der Waals surface area contributed by atoms with Crippen LogP contribution in [0.4, 0.5) is 45.5 Å². The van der Waals surface area contributed by atoms with E-state index in [1.807, 2.05) is 48.5 Å². The van der Waals surface area contributed by atoms with Crippen LogP contribution < -0.4 is 29.1 Å². The summed E-state index contributed by atoms with van der Waals surface area (Å²) < 4.78 is 11.0. The summed E-state index contributed by atoms with van der Waals surface area (Å²) in [6.45, 7) is 0. The van der Waals surface area contributed by atoms with Crippen molar-refractivity contribution in [3.63, 3.8) is 0 Å². The fraction of sp³-hybridized carbons (Fsp3) is 0.127. The second-order valence-corrected chi connectivity index (χ2v) is 16.3. The van der Waals surface area contributed by atoms with Crippen LogP contribution in [0.25, 0.3) is 22.3 Å². The van der Waals surface area contributed by atoms with E-state index in [1.54, 1.807) is 38.5 Å². The molecule has 8 aromatic rings. The number of nitrogens with zero attached hydrogens (tertiary/aromatic N) is 4. The smallest absolute Gasteiger partial charge is 0.119 e. The summed E-state index contributed by atoms with van der Waals surface area (Å²) in [7, 11) is 11.8. The zero-order valence-corrected chi connectivity index (χ0v) is 36.2.